The van der Waals surface area contributed by atoms with E-state index in [-0.39, 0.29) is 5.41 Å². The maximum Gasteiger partial charge on any atom is 0.0622 e. The monoisotopic (exact) mass is 154 g/mol. The van der Waals surface area contributed by atoms with Crippen molar-refractivity contribution in [3.05, 3.63) is 0 Å². The van der Waals surface area contributed by atoms with Gasteiger partial charge in [0.1, 0.15) is 0 Å². The number of nitrogens with zero attached hydrogens (tertiary/aromatic N) is 1. The summed E-state index contributed by atoms with van der Waals surface area (Å²) in [6.07, 6.45) is 1.58. The van der Waals surface area contributed by atoms with E-state index in [2.05, 4.69) is 32.2 Å². The van der Waals surface area contributed by atoms with E-state index >= 15 is 0 Å². The molecule has 0 rings (SSSR count). The third-order valence-corrected chi connectivity index (χ3v) is 1.94. The Bertz CT molecular complexity index is 139. The van der Waals surface area contributed by atoms with Crippen LogP contribution in [0.2, 0.25) is 0 Å². The molecule has 11 heavy (non-hydrogen) atoms. The second-order valence-electron chi connectivity index (χ2n) is 3.90. The van der Waals surface area contributed by atoms with Gasteiger partial charge in [-0.05, 0) is 18.9 Å². The fourth-order valence-electron chi connectivity index (χ4n) is 1.22. The van der Waals surface area contributed by atoms with Crippen LogP contribution < -0.4 is 5.32 Å². The minimum absolute atomic E-state index is 0.256. The zero-order valence-electron chi connectivity index (χ0n) is 7.94. The average molecular weight is 154 g/mol. The van der Waals surface area contributed by atoms with Crippen LogP contribution in [0, 0.1) is 16.7 Å². The molecular formula is C9H18N2. The molecule has 0 heterocycles. The largest absolute Gasteiger partial charge is 0.316 e. The lowest BCUT2D eigenvalue weighted by molar-refractivity contribution is 0.269. The van der Waals surface area contributed by atoms with Gasteiger partial charge in [-0.25, -0.2) is 0 Å². The maximum absolute atomic E-state index is 8.40. The van der Waals surface area contributed by atoms with E-state index in [1.165, 1.54) is 0 Å². The molecule has 0 saturated heterocycles. The van der Waals surface area contributed by atoms with Gasteiger partial charge in [0.2, 0.25) is 0 Å². The highest BCUT2D eigenvalue weighted by Gasteiger charge is 2.21. The van der Waals surface area contributed by atoms with Crippen LogP contribution in [0.15, 0.2) is 0 Å². The van der Waals surface area contributed by atoms with Crippen LogP contribution in [0.5, 0.6) is 0 Å². The predicted molar refractivity (Wildman–Crippen MR) is 47.1 cm³/mol. The Morgan fingerprint density at radius 3 is 2.27 bits per heavy atom. The molecule has 0 fully saturated rings. The summed E-state index contributed by atoms with van der Waals surface area (Å²) in [5.74, 6) is 0. The highest BCUT2D eigenvalue weighted by atomic mass is 14.9. The average Bonchev–Trinajstić information content (AvgIpc) is 1.87. The van der Waals surface area contributed by atoms with Gasteiger partial charge < -0.3 is 5.32 Å². The van der Waals surface area contributed by atoms with Crippen LogP contribution in [0.3, 0.4) is 0 Å². The van der Waals surface area contributed by atoms with E-state index in [0.717, 1.165) is 6.42 Å². The third kappa shape index (κ3) is 4.00. The lowest BCUT2D eigenvalue weighted by Crippen LogP contribution is -2.37. The summed E-state index contributed by atoms with van der Waals surface area (Å²) >= 11 is 0. The molecule has 0 spiro atoms. The van der Waals surface area contributed by atoms with E-state index in [1.54, 1.807) is 0 Å². The van der Waals surface area contributed by atoms with Crippen molar-refractivity contribution >= 4 is 0 Å². The molecule has 0 saturated carbocycles. The van der Waals surface area contributed by atoms with Crippen molar-refractivity contribution in [3.8, 4) is 6.07 Å². The number of nitrogens with one attached hydrogen (secondary N) is 1. The molecule has 0 aromatic heterocycles. The molecule has 0 aromatic rings. The van der Waals surface area contributed by atoms with Gasteiger partial charge in [0, 0.05) is 12.5 Å². The fraction of sp³-hybridized carbons (Fsp3) is 0.889. The number of hydrogen-bond donors (Lipinski definition) is 1. The molecule has 0 aliphatic carbocycles. The first-order valence-corrected chi connectivity index (χ1v) is 4.06. The third-order valence-electron chi connectivity index (χ3n) is 1.94. The fourth-order valence-corrected chi connectivity index (χ4v) is 1.22. The summed E-state index contributed by atoms with van der Waals surface area (Å²) in [6, 6.07) is 2.61. The molecule has 1 N–H and O–H groups in total. The van der Waals surface area contributed by atoms with Gasteiger partial charge in [-0.3, -0.25) is 0 Å². The first-order valence-electron chi connectivity index (χ1n) is 4.06. The van der Waals surface area contributed by atoms with Crippen molar-refractivity contribution in [2.75, 3.05) is 7.05 Å². The molecular weight excluding hydrogens is 136 g/mol. The van der Waals surface area contributed by atoms with Crippen LogP contribution in [-0.4, -0.2) is 13.1 Å². The highest BCUT2D eigenvalue weighted by Crippen LogP contribution is 2.22. The summed E-state index contributed by atoms with van der Waals surface area (Å²) in [5, 5.41) is 11.6. The van der Waals surface area contributed by atoms with Gasteiger partial charge in [0.25, 0.3) is 0 Å². The van der Waals surface area contributed by atoms with Crippen molar-refractivity contribution in [2.24, 2.45) is 5.41 Å². The molecule has 0 bridgehead atoms. The smallest absolute Gasteiger partial charge is 0.0622 e. The number of rotatable bonds is 3. The van der Waals surface area contributed by atoms with Crippen molar-refractivity contribution < 1.29 is 0 Å². The molecule has 0 aromatic carbocycles. The lowest BCUT2D eigenvalue weighted by Gasteiger charge is -2.29. The molecule has 0 aliphatic heterocycles. The van der Waals surface area contributed by atoms with Crippen LogP contribution >= 0.6 is 0 Å². The van der Waals surface area contributed by atoms with Crippen molar-refractivity contribution in [1.29, 1.82) is 5.26 Å². The SMILES string of the molecule is CNC(CCC#N)C(C)(C)C. The molecule has 0 aliphatic rings. The zero-order valence-corrected chi connectivity index (χ0v) is 7.94. The molecule has 1 atom stereocenters. The number of nitriles is 1. The molecule has 64 valence electrons. The van der Waals surface area contributed by atoms with Crippen LogP contribution in [0.25, 0.3) is 0 Å². The molecule has 0 radical (unpaired) electrons. The van der Waals surface area contributed by atoms with Gasteiger partial charge in [-0.1, -0.05) is 20.8 Å². The summed E-state index contributed by atoms with van der Waals surface area (Å²) in [5.41, 5.74) is 0.256. The minimum Gasteiger partial charge on any atom is -0.316 e. The Morgan fingerprint density at radius 1 is 1.45 bits per heavy atom. The Balaban J connectivity index is 3.88. The topological polar surface area (TPSA) is 35.8 Å². The van der Waals surface area contributed by atoms with Crippen molar-refractivity contribution in [2.45, 2.75) is 39.7 Å². The van der Waals surface area contributed by atoms with Gasteiger partial charge in [-0.15, -0.1) is 0 Å². The summed E-state index contributed by atoms with van der Waals surface area (Å²) in [4.78, 5) is 0. The summed E-state index contributed by atoms with van der Waals surface area (Å²) in [6.45, 7) is 6.56. The van der Waals surface area contributed by atoms with E-state index in [4.69, 9.17) is 5.26 Å². The Morgan fingerprint density at radius 2 is 2.00 bits per heavy atom. The second kappa shape index (κ2) is 4.35. The highest BCUT2D eigenvalue weighted by molar-refractivity contribution is 4.83. The number of hydrogen-bond acceptors (Lipinski definition) is 2. The first kappa shape index (κ1) is 10.4. The summed E-state index contributed by atoms with van der Waals surface area (Å²) in [7, 11) is 1.95. The minimum atomic E-state index is 0.256. The molecule has 1 unspecified atom stereocenters. The van der Waals surface area contributed by atoms with Gasteiger partial charge in [0.05, 0.1) is 6.07 Å². The Hall–Kier alpha value is -0.550. The van der Waals surface area contributed by atoms with Crippen molar-refractivity contribution in [3.63, 3.8) is 0 Å². The predicted octanol–water partition coefficient (Wildman–Crippen LogP) is 1.92. The van der Waals surface area contributed by atoms with Gasteiger partial charge >= 0.3 is 0 Å². The van der Waals surface area contributed by atoms with Crippen LogP contribution in [0.4, 0.5) is 0 Å². The molecule has 2 nitrogen and oxygen atoms in total. The normalized spacial score (nSPS) is 14.1. The second-order valence-corrected chi connectivity index (χ2v) is 3.90. The Kier molecular flexibility index (Phi) is 4.14. The first-order chi connectivity index (χ1) is 5.02. The van der Waals surface area contributed by atoms with Crippen molar-refractivity contribution in [1.82, 2.24) is 5.32 Å². The summed E-state index contributed by atoms with van der Waals surface area (Å²) < 4.78 is 0. The van der Waals surface area contributed by atoms with Gasteiger partial charge in [-0.2, -0.15) is 5.26 Å². The zero-order chi connectivity index (χ0) is 8.91. The Labute approximate surface area is 69.6 Å². The standard InChI is InChI=1S/C9H18N2/c1-9(2,3)8(11-4)6-5-7-10/h8,11H,5-6H2,1-4H3. The lowest BCUT2D eigenvalue weighted by atomic mass is 9.84. The van der Waals surface area contributed by atoms with E-state index in [9.17, 15) is 0 Å². The van der Waals surface area contributed by atoms with Crippen LogP contribution in [0.1, 0.15) is 33.6 Å². The van der Waals surface area contributed by atoms with E-state index < -0.39 is 0 Å². The van der Waals surface area contributed by atoms with E-state index in [1.807, 2.05) is 7.05 Å². The van der Waals surface area contributed by atoms with E-state index in [0.29, 0.717) is 12.5 Å². The quantitative estimate of drug-likeness (QED) is 0.674. The maximum atomic E-state index is 8.40. The molecule has 0 amide bonds. The molecule has 2 heteroatoms. The van der Waals surface area contributed by atoms with Crippen LogP contribution in [-0.2, 0) is 0 Å². The van der Waals surface area contributed by atoms with Gasteiger partial charge in [0.15, 0.2) is 0 Å².